The summed E-state index contributed by atoms with van der Waals surface area (Å²) >= 11 is 1.58. The van der Waals surface area contributed by atoms with Gasteiger partial charge in [-0.3, -0.25) is 4.57 Å². The molecule has 3 aromatic carbocycles. The van der Waals surface area contributed by atoms with Gasteiger partial charge in [-0.25, -0.2) is 9.67 Å². The molecule has 0 aliphatic carbocycles. The second kappa shape index (κ2) is 9.99. The Kier molecular flexibility index (Phi) is 6.35. The fraction of sp³-hybridized carbons (Fsp3) is 0.143. The first-order valence-corrected chi connectivity index (χ1v) is 13.0. The van der Waals surface area contributed by atoms with E-state index in [0.29, 0.717) is 17.4 Å². The average molecular weight is 547 g/mol. The van der Waals surface area contributed by atoms with Crippen molar-refractivity contribution in [2.45, 2.75) is 25.6 Å². The summed E-state index contributed by atoms with van der Waals surface area (Å²) in [5, 5.41) is 15.4. The van der Waals surface area contributed by atoms with Crippen molar-refractivity contribution in [1.29, 1.82) is 0 Å². The maximum absolute atomic E-state index is 12.4. The number of hydrogen-bond donors (Lipinski definition) is 0. The molecule has 0 saturated carbocycles. The largest absolute Gasteiger partial charge is 0.573 e. The van der Waals surface area contributed by atoms with Crippen molar-refractivity contribution in [1.82, 2.24) is 19.3 Å². The third-order valence-electron chi connectivity index (χ3n) is 6.35. The van der Waals surface area contributed by atoms with Gasteiger partial charge in [-0.1, -0.05) is 49.4 Å². The SMILES string of the molecule is CC1Cc2cs/c(=N\N=C\c3ccc(-c4ncn(-c5ccc(OC(F)(F)F)cc5)n4)cc3)n2-c2ccccc21. The molecule has 1 atom stereocenters. The van der Waals surface area contributed by atoms with Gasteiger partial charge >= 0.3 is 6.36 Å². The quantitative estimate of drug-likeness (QED) is 0.193. The van der Waals surface area contributed by atoms with Crippen molar-refractivity contribution >= 4 is 17.6 Å². The van der Waals surface area contributed by atoms with Gasteiger partial charge in [0.2, 0.25) is 4.80 Å². The summed E-state index contributed by atoms with van der Waals surface area (Å²) < 4.78 is 44.7. The smallest absolute Gasteiger partial charge is 0.406 e. The number of hydrogen-bond acceptors (Lipinski definition) is 6. The Hall–Kier alpha value is -4.51. The van der Waals surface area contributed by atoms with Crippen LogP contribution >= 0.6 is 11.3 Å². The molecule has 1 aliphatic heterocycles. The molecule has 0 saturated heterocycles. The average Bonchev–Trinajstić information content (AvgIpc) is 3.57. The molecule has 5 aromatic rings. The van der Waals surface area contributed by atoms with Gasteiger partial charge in [-0.2, -0.15) is 5.10 Å². The van der Waals surface area contributed by atoms with E-state index in [2.05, 4.69) is 60.1 Å². The molecule has 0 bridgehead atoms. The summed E-state index contributed by atoms with van der Waals surface area (Å²) in [6.45, 7) is 2.24. The lowest BCUT2D eigenvalue weighted by molar-refractivity contribution is -0.274. The van der Waals surface area contributed by atoms with Gasteiger partial charge in [0.25, 0.3) is 0 Å². The second-order valence-corrected chi connectivity index (χ2v) is 9.87. The number of rotatable bonds is 5. The highest BCUT2D eigenvalue weighted by Gasteiger charge is 2.31. The molecule has 2 aromatic heterocycles. The lowest BCUT2D eigenvalue weighted by Crippen LogP contribution is -2.22. The molecule has 6 rings (SSSR count). The standard InChI is InChI=1S/C28H21F3N6OS/c1-18-14-22-16-39-27(37(22)25-5-3-2-4-24(18)25)34-33-15-19-6-8-20(9-7-19)26-32-17-36(35-26)21-10-12-23(13-11-21)38-28(29,30)31/h2-13,15-18H,14H2,1H3/b33-15+,34-27-. The number of halogens is 3. The Morgan fingerprint density at radius 1 is 1.03 bits per heavy atom. The lowest BCUT2D eigenvalue weighted by Gasteiger charge is -2.24. The summed E-state index contributed by atoms with van der Waals surface area (Å²) in [5.41, 5.74) is 5.91. The highest BCUT2D eigenvalue weighted by Crippen LogP contribution is 2.32. The van der Waals surface area contributed by atoms with E-state index >= 15 is 0 Å². The number of benzene rings is 3. The highest BCUT2D eigenvalue weighted by molar-refractivity contribution is 7.07. The Morgan fingerprint density at radius 2 is 1.79 bits per heavy atom. The van der Waals surface area contributed by atoms with Crippen molar-refractivity contribution in [3.63, 3.8) is 0 Å². The second-order valence-electron chi connectivity index (χ2n) is 9.03. The molecule has 3 heterocycles. The third kappa shape index (κ3) is 5.26. The van der Waals surface area contributed by atoms with Crippen LogP contribution in [0.3, 0.4) is 0 Å². The minimum absolute atomic E-state index is 0.299. The molecule has 0 fully saturated rings. The fourth-order valence-electron chi connectivity index (χ4n) is 4.53. The van der Waals surface area contributed by atoms with Crippen LogP contribution < -0.4 is 9.54 Å². The van der Waals surface area contributed by atoms with Crippen LogP contribution in [0.1, 0.15) is 29.7 Å². The van der Waals surface area contributed by atoms with E-state index in [0.717, 1.165) is 28.0 Å². The van der Waals surface area contributed by atoms with Gasteiger partial charge in [-0.05, 0) is 53.8 Å². The number of para-hydroxylation sites is 1. The third-order valence-corrected chi connectivity index (χ3v) is 7.21. The van der Waals surface area contributed by atoms with Gasteiger partial charge in [0.1, 0.15) is 12.1 Å². The number of ether oxygens (including phenoxy) is 1. The monoisotopic (exact) mass is 546 g/mol. The molecular weight excluding hydrogens is 525 g/mol. The first kappa shape index (κ1) is 24.8. The maximum Gasteiger partial charge on any atom is 0.573 e. The van der Waals surface area contributed by atoms with E-state index in [1.54, 1.807) is 17.6 Å². The number of aromatic nitrogens is 4. The molecule has 0 radical (unpaired) electrons. The van der Waals surface area contributed by atoms with Crippen LogP contribution in [-0.2, 0) is 6.42 Å². The predicted molar refractivity (Wildman–Crippen MR) is 142 cm³/mol. The molecule has 0 amide bonds. The summed E-state index contributed by atoms with van der Waals surface area (Å²) in [6.07, 6.45) is -0.567. The number of alkyl halides is 3. The molecule has 1 aliphatic rings. The maximum atomic E-state index is 12.4. The number of nitrogens with zero attached hydrogens (tertiary/aromatic N) is 6. The van der Waals surface area contributed by atoms with Crippen LogP contribution in [0.2, 0.25) is 0 Å². The van der Waals surface area contributed by atoms with E-state index < -0.39 is 6.36 Å². The van der Waals surface area contributed by atoms with Gasteiger partial charge in [0.15, 0.2) is 5.82 Å². The molecular formula is C28H21F3N6OS. The van der Waals surface area contributed by atoms with Crippen LogP contribution in [0.25, 0.3) is 22.8 Å². The van der Waals surface area contributed by atoms with E-state index in [-0.39, 0.29) is 5.75 Å². The van der Waals surface area contributed by atoms with Crippen LogP contribution in [0.5, 0.6) is 5.75 Å². The normalized spacial score (nSPS) is 15.4. The van der Waals surface area contributed by atoms with Crippen molar-refractivity contribution in [3.8, 4) is 28.5 Å². The zero-order valence-corrected chi connectivity index (χ0v) is 21.4. The molecule has 196 valence electrons. The van der Waals surface area contributed by atoms with Crippen LogP contribution in [0, 0.1) is 0 Å². The number of fused-ring (bicyclic) bond motifs is 3. The van der Waals surface area contributed by atoms with E-state index in [9.17, 15) is 13.2 Å². The molecule has 0 N–H and O–H groups in total. The van der Waals surface area contributed by atoms with Crippen molar-refractivity contribution in [3.05, 3.63) is 106 Å². The van der Waals surface area contributed by atoms with Crippen molar-refractivity contribution < 1.29 is 17.9 Å². The van der Waals surface area contributed by atoms with Crippen LogP contribution in [0.15, 0.2) is 94.7 Å². The van der Waals surface area contributed by atoms with Gasteiger partial charge < -0.3 is 4.74 Å². The minimum atomic E-state index is -4.74. The van der Waals surface area contributed by atoms with Crippen LogP contribution in [-0.4, -0.2) is 31.9 Å². The summed E-state index contributed by atoms with van der Waals surface area (Å²) in [6, 6.07) is 21.4. The summed E-state index contributed by atoms with van der Waals surface area (Å²) in [4.78, 5) is 5.15. The first-order chi connectivity index (χ1) is 18.8. The molecule has 1 unspecified atom stereocenters. The molecule has 39 heavy (non-hydrogen) atoms. The molecule has 11 heteroatoms. The van der Waals surface area contributed by atoms with Crippen molar-refractivity contribution in [2.75, 3.05) is 0 Å². The number of thiazole rings is 1. The molecule has 0 spiro atoms. The Balaban J connectivity index is 1.17. The Bertz CT molecular complexity index is 1720. The zero-order valence-electron chi connectivity index (χ0n) is 20.6. The zero-order chi connectivity index (χ0) is 27.0. The van der Waals surface area contributed by atoms with E-state index in [1.807, 2.05) is 30.3 Å². The summed E-state index contributed by atoms with van der Waals surface area (Å²) in [7, 11) is 0. The van der Waals surface area contributed by atoms with Gasteiger partial charge in [-0.15, -0.1) is 34.7 Å². The van der Waals surface area contributed by atoms with Crippen LogP contribution in [0.4, 0.5) is 13.2 Å². The van der Waals surface area contributed by atoms with E-state index in [1.165, 1.54) is 46.5 Å². The van der Waals surface area contributed by atoms with Crippen molar-refractivity contribution in [2.24, 2.45) is 10.2 Å². The topological polar surface area (TPSA) is 69.6 Å². The fourth-order valence-corrected chi connectivity index (χ4v) is 5.39. The van der Waals surface area contributed by atoms with Gasteiger partial charge in [0.05, 0.1) is 17.6 Å². The first-order valence-electron chi connectivity index (χ1n) is 12.1. The van der Waals surface area contributed by atoms with E-state index in [4.69, 9.17) is 0 Å². The molecule has 7 nitrogen and oxygen atoms in total. The highest BCUT2D eigenvalue weighted by atomic mass is 32.1. The Labute approximate surface area is 225 Å². The summed E-state index contributed by atoms with van der Waals surface area (Å²) in [5.74, 6) is 0.644. The minimum Gasteiger partial charge on any atom is -0.406 e. The predicted octanol–water partition coefficient (Wildman–Crippen LogP) is 6.28. The lowest BCUT2D eigenvalue weighted by atomic mass is 9.91. The Morgan fingerprint density at radius 3 is 2.56 bits per heavy atom. The van der Waals surface area contributed by atoms with Gasteiger partial charge in [0, 0.05) is 16.6 Å².